The van der Waals surface area contributed by atoms with Crippen LogP contribution in [0.2, 0.25) is 0 Å². The van der Waals surface area contributed by atoms with Crippen molar-refractivity contribution in [3.8, 4) is 0 Å². The fourth-order valence-corrected chi connectivity index (χ4v) is 1.40. The van der Waals surface area contributed by atoms with E-state index in [1.165, 1.54) is 0 Å². The van der Waals surface area contributed by atoms with Crippen molar-refractivity contribution in [1.82, 2.24) is 0 Å². The summed E-state index contributed by atoms with van der Waals surface area (Å²) in [6, 6.07) is 0. The van der Waals surface area contributed by atoms with Gasteiger partial charge in [-0.1, -0.05) is 0 Å². The lowest BCUT2D eigenvalue weighted by Crippen LogP contribution is -2.28. The Labute approximate surface area is 62.7 Å². The maximum Gasteiger partial charge on any atom is 0.158 e. The molecule has 1 rings (SSSR count). The molecule has 3 atom stereocenters. The highest BCUT2D eigenvalue weighted by Gasteiger charge is 2.35. The van der Waals surface area contributed by atoms with Crippen molar-refractivity contribution in [3.63, 3.8) is 0 Å². The maximum atomic E-state index is 10.4. The third kappa shape index (κ3) is 1.78. The van der Waals surface area contributed by atoms with Gasteiger partial charge in [0.1, 0.15) is 0 Å². The van der Waals surface area contributed by atoms with Gasteiger partial charge in [-0.15, -0.1) is 0 Å². The number of aliphatic hydroxyl groups is 1. The molecule has 0 bridgehead atoms. The minimum Gasteiger partial charge on any atom is -0.392 e. The highest BCUT2D eigenvalue weighted by atomic mass is 32.2. The first-order chi connectivity index (χ1) is 4.63. The molecule has 1 aliphatic rings. The predicted molar refractivity (Wildman–Crippen MR) is 39.0 cm³/mol. The van der Waals surface area contributed by atoms with Crippen LogP contribution in [0.4, 0.5) is 0 Å². The Bertz CT molecular complexity index is 144. The molecule has 1 unspecified atom stereocenters. The molecule has 0 saturated heterocycles. The van der Waals surface area contributed by atoms with Crippen molar-refractivity contribution in [2.75, 3.05) is 0 Å². The first kappa shape index (κ1) is 8.17. The highest BCUT2D eigenvalue weighted by molar-refractivity contribution is 7.79. The van der Waals surface area contributed by atoms with Crippen LogP contribution < -0.4 is 0 Å². The van der Waals surface area contributed by atoms with Gasteiger partial charge in [-0.05, 0) is 25.7 Å². The third-order valence-corrected chi connectivity index (χ3v) is 2.82. The summed E-state index contributed by atoms with van der Waals surface area (Å²) < 4.78 is 19.0. The number of rotatable bonds is 3. The van der Waals surface area contributed by atoms with Crippen LogP contribution in [0.5, 0.6) is 0 Å². The van der Waals surface area contributed by atoms with E-state index < -0.39 is 22.4 Å². The zero-order valence-corrected chi connectivity index (χ0v) is 6.67. The monoisotopic (exact) mass is 164 g/mol. The smallest absolute Gasteiger partial charge is 0.158 e. The average molecular weight is 164 g/mol. The van der Waals surface area contributed by atoms with Gasteiger partial charge < -0.3 is 9.66 Å². The van der Waals surface area contributed by atoms with Gasteiger partial charge in [-0.25, -0.2) is 4.21 Å². The third-order valence-electron chi connectivity index (χ3n) is 1.90. The maximum absolute atomic E-state index is 10.4. The van der Waals surface area contributed by atoms with Crippen LogP contribution in [-0.2, 0) is 11.1 Å². The van der Waals surface area contributed by atoms with Gasteiger partial charge in [0.15, 0.2) is 11.1 Å². The summed E-state index contributed by atoms with van der Waals surface area (Å²) in [6.07, 6.45) is 1.43. The second-order valence-electron chi connectivity index (χ2n) is 2.81. The van der Waals surface area contributed by atoms with Crippen molar-refractivity contribution in [3.05, 3.63) is 0 Å². The minimum absolute atomic E-state index is 0.283. The number of hydrogen-bond acceptors (Lipinski definition) is 2. The van der Waals surface area contributed by atoms with E-state index >= 15 is 0 Å². The van der Waals surface area contributed by atoms with Crippen LogP contribution in [-0.4, -0.2) is 25.2 Å². The average Bonchev–Trinajstić information content (AvgIpc) is 2.65. The Morgan fingerprint density at radius 3 is 2.40 bits per heavy atom. The lowest BCUT2D eigenvalue weighted by Gasteiger charge is -2.13. The van der Waals surface area contributed by atoms with E-state index in [1.807, 2.05) is 0 Å². The summed E-state index contributed by atoms with van der Waals surface area (Å²) in [5.74, 6) is 0.283. The number of aliphatic hydroxyl groups excluding tert-OH is 1. The largest absolute Gasteiger partial charge is 0.392 e. The summed E-state index contributed by atoms with van der Waals surface area (Å²) in [6.45, 7) is 1.60. The van der Waals surface area contributed by atoms with Crippen molar-refractivity contribution in [2.45, 2.75) is 31.1 Å². The SMILES string of the molecule is C[C@@H]([C@H](O)C1CC1)S(=O)O. The number of hydrogen-bond donors (Lipinski definition) is 2. The Morgan fingerprint density at radius 2 is 2.10 bits per heavy atom. The standard InChI is InChI=1S/C6H12O3S/c1-4(10(8)9)6(7)5-2-3-5/h4-7H,2-3H2,1H3,(H,8,9)/t4-,6-/m0/s1. The molecule has 60 valence electrons. The lowest BCUT2D eigenvalue weighted by molar-refractivity contribution is 0.149. The first-order valence-corrected chi connectivity index (χ1v) is 4.57. The second-order valence-corrected chi connectivity index (χ2v) is 4.11. The van der Waals surface area contributed by atoms with E-state index in [-0.39, 0.29) is 5.92 Å². The summed E-state index contributed by atoms with van der Waals surface area (Å²) in [4.78, 5) is 0. The van der Waals surface area contributed by atoms with Crippen LogP contribution in [0.1, 0.15) is 19.8 Å². The van der Waals surface area contributed by atoms with Gasteiger partial charge in [0.25, 0.3) is 0 Å². The van der Waals surface area contributed by atoms with Crippen LogP contribution in [0.15, 0.2) is 0 Å². The Hall–Kier alpha value is 0.0700. The summed E-state index contributed by atoms with van der Waals surface area (Å²) in [7, 11) is 0. The molecule has 0 heterocycles. The normalized spacial score (nSPS) is 27.5. The van der Waals surface area contributed by atoms with Gasteiger partial charge in [-0.2, -0.15) is 0 Å². The lowest BCUT2D eigenvalue weighted by atomic mass is 10.2. The first-order valence-electron chi connectivity index (χ1n) is 3.40. The van der Waals surface area contributed by atoms with Gasteiger partial charge in [-0.3, -0.25) is 0 Å². The molecule has 1 saturated carbocycles. The molecular formula is C6H12O3S. The molecule has 2 N–H and O–H groups in total. The van der Waals surface area contributed by atoms with Crippen LogP contribution in [0.3, 0.4) is 0 Å². The van der Waals surface area contributed by atoms with Crippen LogP contribution in [0.25, 0.3) is 0 Å². The van der Waals surface area contributed by atoms with Crippen molar-refractivity contribution >= 4 is 11.1 Å². The molecule has 1 fully saturated rings. The summed E-state index contributed by atoms with van der Waals surface area (Å²) in [5, 5.41) is 8.78. The predicted octanol–water partition coefficient (Wildman–Crippen LogP) is 0.368. The molecule has 0 spiro atoms. The summed E-state index contributed by atoms with van der Waals surface area (Å²) in [5.41, 5.74) is 0. The fraction of sp³-hybridized carbons (Fsp3) is 1.00. The Kier molecular flexibility index (Phi) is 2.44. The molecule has 10 heavy (non-hydrogen) atoms. The Morgan fingerprint density at radius 1 is 1.60 bits per heavy atom. The quantitative estimate of drug-likeness (QED) is 0.592. The molecule has 0 aromatic heterocycles. The zero-order chi connectivity index (χ0) is 7.72. The van der Waals surface area contributed by atoms with Crippen LogP contribution >= 0.6 is 0 Å². The molecule has 0 amide bonds. The molecule has 0 aliphatic heterocycles. The van der Waals surface area contributed by atoms with Gasteiger partial charge in [0.05, 0.1) is 11.4 Å². The van der Waals surface area contributed by atoms with E-state index in [4.69, 9.17) is 4.55 Å². The highest BCUT2D eigenvalue weighted by Crippen LogP contribution is 2.34. The molecule has 3 nitrogen and oxygen atoms in total. The molecule has 0 aromatic rings. The van der Waals surface area contributed by atoms with E-state index in [2.05, 4.69) is 0 Å². The summed E-state index contributed by atoms with van der Waals surface area (Å²) >= 11 is -1.87. The van der Waals surface area contributed by atoms with E-state index in [1.54, 1.807) is 6.92 Å². The van der Waals surface area contributed by atoms with E-state index in [0.29, 0.717) is 0 Å². The fourth-order valence-electron chi connectivity index (χ4n) is 0.940. The zero-order valence-electron chi connectivity index (χ0n) is 5.86. The van der Waals surface area contributed by atoms with Gasteiger partial charge in [0, 0.05) is 0 Å². The molecule has 4 heteroatoms. The van der Waals surface area contributed by atoms with Gasteiger partial charge in [0.2, 0.25) is 0 Å². The van der Waals surface area contributed by atoms with Crippen molar-refractivity contribution in [1.29, 1.82) is 0 Å². The van der Waals surface area contributed by atoms with E-state index in [0.717, 1.165) is 12.8 Å². The Balaban J connectivity index is 2.38. The topological polar surface area (TPSA) is 57.5 Å². The van der Waals surface area contributed by atoms with Gasteiger partial charge >= 0.3 is 0 Å². The molecular weight excluding hydrogens is 152 g/mol. The van der Waals surface area contributed by atoms with E-state index in [9.17, 15) is 9.32 Å². The van der Waals surface area contributed by atoms with Crippen molar-refractivity contribution < 1.29 is 13.9 Å². The molecule has 0 aromatic carbocycles. The van der Waals surface area contributed by atoms with Crippen molar-refractivity contribution in [2.24, 2.45) is 5.92 Å². The van der Waals surface area contributed by atoms with Crippen LogP contribution in [0, 0.1) is 5.92 Å². The molecule has 1 aliphatic carbocycles. The minimum atomic E-state index is -1.87. The molecule has 0 radical (unpaired) electrons. The second kappa shape index (κ2) is 2.98.